The van der Waals surface area contributed by atoms with Crippen LogP contribution in [0.5, 0.6) is 0 Å². The maximum absolute atomic E-state index is 12.4. The molecule has 1 aliphatic carbocycles. The number of hydrogen-bond acceptors (Lipinski definition) is 3. The first kappa shape index (κ1) is 15.8. The summed E-state index contributed by atoms with van der Waals surface area (Å²) in [6, 6.07) is 3.32. The lowest BCUT2D eigenvalue weighted by Gasteiger charge is -2.20. The molecule has 1 aromatic carbocycles. The van der Waals surface area contributed by atoms with Crippen molar-refractivity contribution >= 4 is 46.6 Å². The van der Waals surface area contributed by atoms with Gasteiger partial charge in [-0.25, -0.2) is 0 Å². The van der Waals surface area contributed by atoms with Gasteiger partial charge in [0.25, 0.3) is 5.91 Å². The van der Waals surface area contributed by atoms with E-state index in [1.54, 1.807) is 12.1 Å². The fourth-order valence-corrected chi connectivity index (χ4v) is 4.15. The number of nitrogens with two attached hydrogens (primary N) is 1. The van der Waals surface area contributed by atoms with E-state index in [4.69, 9.17) is 28.9 Å². The number of nitrogens with one attached hydrogen (secondary N) is 1. The van der Waals surface area contributed by atoms with Crippen molar-refractivity contribution in [3.05, 3.63) is 27.7 Å². The zero-order chi connectivity index (χ0) is 14.7. The number of benzene rings is 1. The van der Waals surface area contributed by atoms with Crippen molar-refractivity contribution in [2.45, 2.75) is 37.5 Å². The molecule has 0 aromatic heterocycles. The minimum absolute atomic E-state index is 0.196. The molecule has 20 heavy (non-hydrogen) atoms. The van der Waals surface area contributed by atoms with Crippen LogP contribution in [0.25, 0.3) is 0 Å². The van der Waals surface area contributed by atoms with Gasteiger partial charge in [-0.1, -0.05) is 36.5 Å². The Kier molecular flexibility index (Phi) is 5.47. The fraction of sp³-hybridized carbons (Fsp3) is 0.500. The summed E-state index contributed by atoms with van der Waals surface area (Å²) in [6.45, 7) is 2.14. The molecule has 1 saturated carbocycles. The van der Waals surface area contributed by atoms with E-state index in [-0.39, 0.29) is 17.0 Å². The van der Waals surface area contributed by atoms with Crippen molar-refractivity contribution in [3.8, 4) is 0 Å². The Morgan fingerprint density at radius 2 is 2.20 bits per heavy atom. The molecule has 1 aromatic rings. The fourth-order valence-electron chi connectivity index (χ4n) is 2.53. The quantitative estimate of drug-likeness (QED) is 0.820. The van der Waals surface area contributed by atoms with Gasteiger partial charge in [-0.3, -0.25) is 4.79 Å². The molecule has 2 unspecified atom stereocenters. The predicted molar refractivity (Wildman–Crippen MR) is 87.9 cm³/mol. The molecular weight excluding hydrogens is 315 g/mol. The predicted octanol–water partition coefficient (Wildman–Crippen LogP) is 3.98. The van der Waals surface area contributed by atoms with E-state index in [9.17, 15) is 4.79 Å². The Morgan fingerprint density at radius 3 is 2.90 bits per heavy atom. The third kappa shape index (κ3) is 3.54. The zero-order valence-corrected chi connectivity index (χ0v) is 13.6. The van der Waals surface area contributed by atoms with Gasteiger partial charge in [-0.2, -0.15) is 11.8 Å². The number of halogens is 2. The van der Waals surface area contributed by atoms with E-state index < -0.39 is 0 Å². The normalized spacial score (nSPS) is 21.9. The average molecular weight is 333 g/mol. The Labute approximate surface area is 133 Å². The minimum atomic E-state index is -0.196. The van der Waals surface area contributed by atoms with Gasteiger partial charge >= 0.3 is 0 Å². The molecule has 3 nitrogen and oxygen atoms in total. The summed E-state index contributed by atoms with van der Waals surface area (Å²) in [6.07, 6.45) is 3.31. The molecule has 110 valence electrons. The van der Waals surface area contributed by atoms with Crippen molar-refractivity contribution in [2.24, 2.45) is 0 Å². The summed E-state index contributed by atoms with van der Waals surface area (Å²) in [5.74, 6) is 0.861. The zero-order valence-electron chi connectivity index (χ0n) is 11.3. The second-order valence-corrected chi connectivity index (χ2v) is 7.17. The minimum Gasteiger partial charge on any atom is -0.399 e. The van der Waals surface area contributed by atoms with Crippen molar-refractivity contribution in [1.82, 2.24) is 5.32 Å². The summed E-state index contributed by atoms with van der Waals surface area (Å²) in [7, 11) is 0. The van der Waals surface area contributed by atoms with Crippen LogP contribution in [-0.2, 0) is 0 Å². The number of rotatable bonds is 4. The molecule has 0 bridgehead atoms. The van der Waals surface area contributed by atoms with E-state index in [2.05, 4.69) is 12.2 Å². The molecule has 0 heterocycles. The molecule has 6 heteroatoms. The van der Waals surface area contributed by atoms with Crippen LogP contribution in [0.15, 0.2) is 12.1 Å². The van der Waals surface area contributed by atoms with Crippen LogP contribution in [-0.4, -0.2) is 23.0 Å². The van der Waals surface area contributed by atoms with Gasteiger partial charge < -0.3 is 11.1 Å². The molecule has 2 rings (SSSR count). The lowest BCUT2D eigenvalue weighted by atomic mass is 10.1. The van der Waals surface area contributed by atoms with Crippen LogP contribution < -0.4 is 11.1 Å². The first-order valence-corrected chi connectivity index (χ1v) is 8.50. The molecule has 0 spiro atoms. The molecule has 0 radical (unpaired) electrons. The molecule has 0 aliphatic heterocycles. The van der Waals surface area contributed by atoms with Gasteiger partial charge in [-0.05, 0) is 30.7 Å². The van der Waals surface area contributed by atoms with Crippen molar-refractivity contribution in [1.29, 1.82) is 0 Å². The van der Waals surface area contributed by atoms with Crippen molar-refractivity contribution in [2.75, 3.05) is 11.5 Å². The monoisotopic (exact) mass is 332 g/mol. The lowest BCUT2D eigenvalue weighted by molar-refractivity contribution is 0.0939. The van der Waals surface area contributed by atoms with Gasteiger partial charge in [0.05, 0.1) is 15.6 Å². The van der Waals surface area contributed by atoms with E-state index >= 15 is 0 Å². The van der Waals surface area contributed by atoms with E-state index in [1.807, 2.05) is 11.8 Å². The van der Waals surface area contributed by atoms with E-state index in [1.165, 1.54) is 0 Å². The van der Waals surface area contributed by atoms with Gasteiger partial charge in [-0.15, -0.1) is 0 Å². The number of hydrogen-bond donors (Lipinski definition) is 2. The highest BCUT2D eigenvalue weighted by atomic mass is 35.5. The van der Waals surface area contributed by atoms with Crippen LogP contribution in [0.1, 0.15) is 36.5 Å². The number of carbonyl (C=O) groups is 1. The molecule has 2 atom stereocenters. The van der Waals surface area contributed by atoms with Gasteiger partial charge in [0.1, 0.15) is 0 Å². The molecule has 1 amide bonds. The number of carbonyl (C=O) groups excluding carboxylic acids is 1. The van der Waals surface area contributed by atoms with Crippen LogP contribution in [0.4, 0.5) is 5.69 Å². The second kappa shape index (κ2) is 6.92. The maximum Gasteiger partial charge on any atom is 0.253 e. The largest absolute Gasteiger partial charge is 0.399 e. The average Bonchev–Trinajstić information content (AvgIpc) is 2.81. The smallest absolute Gasteiger partial charge is 0.253 e. The molecule has 0 saturated heterocycles. The van der Waals surface area contributed by atoms with Crippen LogP contribution in [0, 0.1) is 0 Å². The summed E-state index contributed by atoms with van der Waals surface area (Å²) >= 11 is 13.9. The van der Waals surface area contributed by atoms with Crippen LogP contribution >= 0.6 is 35.0 Å². The molecule has 1 fully saturated rings. The molecule has 3 N–H and O–H groups in total. The summed E-state index contributed by atoms with van der Waals surface area (Å²) in [5.41, 5.74) is 6.51. The van der Waals surface area contributed by atoms with Crippen molar-refractivity contribution < 1.29 is 4.79 Å². The Hall–Kier alpha value is -0.580. The summed E-state index contributed by atoms with van der Waals surface area (Å²) in [5, 5.41) is 4.12. The maximum atomic E-state index is 12.4. The number of anilines is 1. The topological polar surface area (TPSA) is 55.1 Å². The third-order valence-electron chi connectivity index (χ3n) is 3.44. The lowest BCUT2D eigenvalue weighted by Crippen LogP contribution is -2.39. The van der Waals surface area contributed by atoms with Crippen LogP contribution in [0.3, 0.4) is 0 Å². The molecular formula is C14H18Cl2N2OS. The Morgan fingerprint density at radius 1 is 1.45 bits per heavy atom. The van der Waals surface area contributed by atoms with Crippen molar-refractivity contribution in [3.63, 3.8) is 0 Å². The standard InChI is InChI=1S/C14H18Cl2N2OS/c1-2-20-12-5-3-4-11(12)18-14(19)9-6-8(17)7-10(15)13(9)16/h6-7,11-12H,2-5,17H2,1H3,(H,18,19). The first-order valence-electron chi connectivity index (χ1n) is 6.70. The third-order valence-corrected chi connectivity index (χ3v) is 5.57. The SMILES string of the molecule is CCSC1CCCC1NC(=O)c1cc(N)cc(Cl)c1Cl. The number of amides is 1. The summed E-state index contributed by atoms with van der Waals surface area (Å²) < 4.78 is 0. The van der Waals surface area contributed by atoms with Gasteiger partial charge in [0.2, 0.25) is 0 Å². The number of nitrogen functional groups attached to an aromatic ring is 1. The Balaban J connectivity index is 2.12. The van der Waals surface area contributed by atoms with Gasteiger partial charge in [0.15, 0.2) is 0 Å². The van der Waals surface area contributed by atoms with E-state index in [0.717, 1.165) is 25.0 Å². The highest BCUT2D eigenvalue weighted by molar-refractivity contribution is 7.99. The first-order chi connectivity index (χ1) is 9.52. The Bertz CT molecular complexity index is 510. The van der Waals surface area contributed by atoms with Gasteiger partial charge in [0, 0.05) is 17.0 Å². The van der Waals surface area contributed by atoms with Crippen LogP contribution in [0.2, 0.25) is 10.0 Å². The van der Waals surface area contributed by atoms with E-state index in [0.29, 0.717) is 21.5 Å². The molecule has 1 aliphatic rings. The second-order valence-electron chi connectivity index (χ2n) is 4.87. The highest BCUT2D eigenvalue weighted by Gasteiger charge is 2.29. The highest BCUT2D eigenvalue weighted by Crippen LogP contribution is 2.32. The number of thioether (sulfide) groups is 1. The summed E-state index contributed by atoms with van der Waals surface area (Å²) in [4.78, 5) is 12.4.